The highest BCUT2D eigenvalue weighted by Gasteiger charge is 2.12. The monoisotopic (exact) mass is 313 g/mol. The molecule has 3 rings (SSSR count). The predicted molar refractivity (Wildman–Crippen MR) is 88.7 cm³/mol. The fourth-order valence-corrected chi connectivity index (χ4v) is 3.32. The van der Waals surface area contributed by atoms with Crippen LogP contribution in [0, 0.1) is 13.8 Å². The van der Waals surface area contributed by atoms with Crippen molar-refractivity contribution in [1.29, 1.82) is 0 Å². The summed E-state index contributed by atoms with van der Waals surface area (Å²) in [5.41, 5.74) is 3.26. The largest absolute Gasteiger partial charge is 0.319 e. The zero-order chi connectivity index (χ0) is 15.9. The van der Waals surface area contributed by atoms with E-state index < -0.39 is 0 Å². The van der Waals surface area contributed by atoms with Gasteiger partial charge in [-0.25, -0.2) is 4.98 Å². The third kappa shape index (κ3) is 2.65. The van der Waals surface area contributed by atoms with Gasteiger partial charge in [0.05, 0.1) is 10.2 Å². The number of aromatic nitrogens is 2. The first-order valence-electron chi connectivity index (χ1n) is 6.80. The minimum Gasteiger partial charge on any atom is -0.319 e. The Morgan fingerprint density at radius 1 is 1.27 bits per heavy atom. The maximum absolute atomic E-state index is 12.2. The number of nitrogens with one attached hydrogen (secondary N) is 1. The Hall–Kier alpha value is -2.47. The van der Waals surface area contributed by atoms with Crippen LogP contribution in [0.5, 0.6) is 0 Å². The van der Waals surface area contributed by atoms with E-state index in [1.54, 1.807) is 19.3 Å². The van der Waals surface area contributed by atoms with Crippen LogP contribution in [0.2, 0.25) is 0 Å². The Kier molecular flexibility index (Phi) is 3.54. The van der Waals surface area contributed by atoms with Gasteiger partial charge in [0.1, 0.15) is 0 Å². The lowest BCUT2D eigenvalue weighted by atomic mass is 10.1. The van der Waals surface area contributed by atoms with E-state index in [2.05, 4.69) is 16.4 Å². The van der Waals surface area contributed by atoms with Crippen LogP contribution in [0.1, 0.15) is 21.5 Å². The quantitative estimate of drug-likeness (QED) is 0.791. The summed E-state index contributed by atoms with van der Waals surface area (Å²) in [7, 11) is 1.64. The Labute approximate surface area is 131 Å². The van der Waals surface area contributed by atoms with Crippen molar-refractivity contribution in [3.05, 3.63) is 57.5 Å². The molecule has 0 saturated heterocycles. The second-order valence-electron chi connectivity index (χ2n) is 5.27. The maximum Gasteiger partial charge on any atom is 0.257 e. The highest BCUT2D eigenvalue weighted by atomic mass is 32.1. The van der Waals surface area contributed by atoms with Gasteiger partial charge in [0.15, 0.2) is 5.13 Å². The van der Waals surface area contributed by atoms with E-state index in [0.29, 0.717) is 10.7 Å². The molecule has 2 heterocycles. The van der Waals surface area contributed by atoms with Crippen LogP contribution in [-0.4, -0.2) is 15.5 Å². The normalized spacial score (nSPS) is 10.9. The number of thiazole rings is 1. The van der Waals surface area contributed by atoms with E-state index in [1.807, 2.05) is 19.9 Å². The Morgan fingerprint density at radius 3 is 2.77 bits per heavy atom. The molecule has 0 bridgehead atoms. The van der Waals surface area contributed by atoms with Crippen LogP contribution < -0.4 is 10.9 Å². The van der Waals surface area contributed by atoms with Crippen molar-refractivity contribution in [1.82, 2.24) is 9.55 Å². The van der Waals surface area contributed by atoms with Crippen LogP contribution in [0.4, 0.5) is 5.13 Å². The molecule has 0 spiro atoms. The van der Waals surface area contributed by atoms with Crippen molar-refractivity contribution < 1.29 is 4.79 Å². The smallest absolute Gasteiger partial charge is 0.257 e. The summed E-state index contributed by atoms with van der Waals surface area (Å²) >= 11 is 1.43. The number of carbonyl (C=O) groups excluding carboxylic acids is 1. The van der Waals surface area contributed by atoms with Gasteiger partial charge in [0, 0.05) is 24.9 Å². The molecule has 0 aliphatic rings. The molecule has 2 aromatic heterocycles. The number of rotatable bonds is 2. The first kappa shape index (κ1) is 14.5. The van der Waals surface area contributed by atoms with Gasteiger partial charge in [0.25, 0.3) is 11.5 Å². The molecule has 3 aromatic rings. The van der Waals surface area contributed by atoms with Crippen molar-refractivity contribution >= 4 is 32.6 Å². The molecule has 0 atom stereocenters. The van der Waals surface area contributed by atoms with Gasteiger partial charge in [-0.1, -0.05) is 17.4 Å². The summed E-state index contributed by atoms with van der Waals surface area (Å²) in [5, 5.41) is 3.30. The average Bonchev–Trinajstić information content (AvgIpc) is 2.84. The lowest BCUT2D eigenvalue weighted by Crippen LogP contribution is -2.19. The van der Waals surface area contributed by atoms with Crippen molar-refractivity contribution in [3.63, 3.8) is 0 Å². The van der Waals surface area contributed by atoms with Gasteiger partial charge in [-0.3, -0.25) is 14.9 Å². The first-order chi connectivity index (χ1) is 10.4. The number of aryl methyl sites for hydroxylation is 3. The predicted octanol–water partition coefficient (Wildman–Crippen LogP) is 2.86. The van der Waals surface area contributed by atoms with Gasteiger partial charge in [0.2, 0.25) is 0 Å². The van der Waals surface area contributed by atoms with Crippen LogP contribution in [-0.2, 0) is 7.05 Å². The third-order valence-electron chi connectivity index (χ3n) is 3.42. The molecule has 6 heteroatoms. The van der Waals surface area contributed by atoms with E-state index in [4.69, 9.17) is 0 Å². The second kappa shape index (κ2) is 5.38. The highest BCUT2D eigenvalue weighted by Crippen LogP contribution is 2.29. The molecular weight excluding hydrogens is 298 g/mol. The number of amides is 1. The number of hydrogen-bond donors (Lipinski definition) is 1. The fourth-order valence-electron chi connectivity index (χ4n) is 2.28. The molecular formula is C16H15N3O2S. The summed E-state index contributed by atoms with van der Waals surface area (Å²) in [6.45, 7) is 4.03. The molecule has 22 heavy (non-hydrogen) atoms. The lowest BCUT2D eigenvalue weighted by molar-refractivity contribution is 0.102. The van der Waals surface area contributed by atoms with Crippen molar-refractivity contribution in [2.75, 3.05) is 5.32 Å². The van der Waals surface area contributed by atoms with Crippen molar-refractivity contribution in [2.45, 2.75) is 13.8 Å². The standard InChI is InChI=1S/C16H15N3O2S/c1-9-6-10(2)14-12(7-9)22-16(17-14)18-15(21)11-4-5-19(3)13(20)8-11/h4-8H,1-3H3,(H,17,18,21). The number of benzene rings is 1. The minimum atomic E-state index is -0.328. The molecule has 112 valence electrons. The number of pyridine rings is 1. The molecule has 1 aromatic carbocycles. The van der Waals surface area contributed by atoms with E-state index >= 15 is 0 Å². The fraction of sp³-hybridized carbons (Fsp3) is 0.188. The van der Waals surface area contributed by atoms with Crippen LogP contribution in [0.25, 0.3) is 10.2 Å². The van der Waals surface area contributed by atoms with E-state index in [1.165, 1.54) is 22.0 Å². The zero-order valence-corrected chi connectivity index (χ0v) is 13.3. The van der Waals surface area contributed by atoms with E-state index in [-0.39, 0.29) is 11.5 Å². The Morgan fingerprint density at radius 2 is 2.05 bits per heavy atom. The van der Waals surface area contributed by atoms with Gasteiger partial charge in [-0.2, -0.15) is 0 Å². The summed E-state index contributed by atoms with van der Waals surface area (Å²) in [6.07, 6.45) is 1.57. The topological polar surface area (TPSA) is 64.0 Å². The molecule has 0 aliphatic carbocycles. The average molecular weight is 313 g/mol. The highest BCUT2D eigenvalue weighted by molar-refractivity contribution is 7.22. The van der Waals surface area contributed by atoms with Crippen LogP contribution in [0.3, 0.4) is 0 Å². The SMILES string of the molecule is Cc1cc(C)c2nc(NC(=O)c3ccn(C)c(=O)c3)sc2c1. The Bertz CT molecular complexity index is 940. The van der Waals surface area contributed by atoms with Crippen LogP contribution >= 0.6 is 11.3 Å². The number of hydrogen-bond acceptors (Lipinski definition) is 4. The number of anilines is 1. The van der Waals surface area contributed by atoms with Crippen molar-refractivity contribution in [2.24, 2.45) is 7.05 Å². The van der Waals surface area contributed by atoms with Gasteiger partial charge < -0.3 is 4.57 Å². The number of nitrogens with zero attached hydrogens (tertiary/aromatic N) is 2. The summed E-state index contributed by atoms with van der Waals surface area (Å²) in [6, 6.07) is 7.04. The maximum atomic E-state index is 12.2. The molecule has 0 aliphatic heterocycles. The van der Waals surface area contributed by atoms with Gasteiger partial charge in [-0.15, -0.1) is 0 Å². The summed E-state index contributed by atoms with van der Waals surface area (Å²) in [5.74, 6) is -0.328. The molecule has 1 amide bonds. The minimum absolute atomic E-state index is 0.219. The second-order valence-corrected chi connectivity index (χ2v) is 6.30. The number of fused-ring (bicyclic) bond motifs is 1. The van der Waals surface area contributed by atoms with Gasteiger partial charge in [-0.05, 0) is 37.1 Å². The van der Waals surface area contributed by atoms with Crippen molar-refractivity contribution in [3.8, 4) is 0 Å². The molecule has 0 radical (unpaired) electrons. The molecule has 0 fully saturated rings. The van der Waals surface area contributed by atoms with E-state index in [9.17, 15) is 9.59 Å². The first-order valence-corrected chi connectivity index (χ1v) is 7.61. The lowest BCUT2D eigenvalue weighted by Gasteiger charge is -2.02. The zero-order valence-electron chi connectivity index (χ0n) is 12.5. The molecule has 0 saturated carbocycles. The third-order valence-corrected chi connectivity index (χ3v) is 4.33. The summed E-state index contributed by atoms with van der Waals surface area (Å²) < 4.78 is 2.46. The van der Waals surface area contributed by atoms with Crippen LogP contribution in [0.15, 0.2) is 35.3 Å². The number of carbonyl (C=O) groups is 1. The molecule has 0 unspecified atom stereocenters. The van der Waals surface area contributed by atoms with E-state index in [0.717, 1.165) is 21.3 Å². The van der Waals surface area contributed by atoms with Gasteiger partial charge >= 0.3 is 0 Å². The Balaban J connectivity index is 1.92. The molecule has 1 N–H and O–H groups in total. The molecule has 5 nitrogen and oxygen atoms in total. The summed E-state index contributed by atoms with van der Waals surface area (Å²) in [4.78, 5) is 28.3.